The summed E-state index contributed by atoms with van der Waals surface area (Å²) in [6, 6.07) is 12.4. The Morgan fingerprint density at radius 2 is 2.16 bits per heavy atom. The average molecular weight is 270 g/mol. The number of rotatable bonds is 4. The summed E-state index contributed by atoms with van der Waals surface area (Å²) in [7, 11) is 0. The average Bonchev–Trinajstić information content (AvgIpc) is 2.45. The van der Waals surface area contributed by atoms with Gasteiger partial charge in [0.15, 0.2) is 0 Å². The fraction of sp³-hybridized carbons (Fsp3) is 0.0714. The van der Waals surface area contributed by atoms with Gasteiger partial charge in [-0.15, -0.1) is 11.8 Å². The lowest BCUT2D eigenvalue weighted by atomic mass is 10.1. The number of carbonyl (C=O) groups is 1. The number of hydrogen-bond donors (Lipinski definition) is 1. The summed E-state index contributed by atoms with van der Waals surface area (Å²) in [5.41, 5.74) is 1.76. The maximum atomic E-state index is 10.8. The Bertz CT molecular complexity index is 650. The highest BCUT2D eigenvalue weighted by Crippen LogP contribution is 2.23. The van der Waals surface area contributed by atoms with E-state index in [1.165, 1.54) is 30.1 Å². The van der Waals surface area contributed by atoms with Crippen LogP contribution in [-0.2, 0) is 5.75 Å². The van der Waals surface area contributed by atoms with Gasteiger partial charge in [0, 0.05) is 11.9 Å². The number of hydrogen-bond acceptors (Lipinski definition) is 4. The third kappa shape index (κ3) is 3.33. The highest BCUT2D eigenvalue weighted by atomic mass is 32.2. The fourth-order valence-electron chi connectivity index (χ4n) is 1.53. The number of aromatic nitrogens is 1. The van der Waals surface area contributed by atoms with Crippen LogP contribution < -0.4 is 0 Å². The molecule has 4 nitrogen and oxygen atoms in total. The largest absolute Gasteiger partial charge is 0.478 e. The number of benzene rings is 1. The van der Waals surface area contributed by atoms with Gasteiger partial charge in [-0.3, -0.25) is 0 Å². The van der Waals surface area contributed by atoms with Gasteiger partial charge in [0.05, 0.1) is 22.2 Å². The quantitative estimate of drug-likeness (QED) is 0.864. The molecule has 0 unspecified atom stereocenters. The number of nitriles is 1. The van der Waals surface area contributed by atoms with Crippen molar-refractivity contribution >= 4 is 17.7 Å². The van der Waals surface area contributed by atoms with E-state index in [0.29, 0.717) is 16.3 Å². The normalized spacial score (nSPS) is 9.84. The third-order valence-corrected chi connectivity index (χ3v) is 3.47. The molecule has 0 aliphatic carbocycles. The zero-order chi connectivity index (χ0) is 13.7. The molecule has 1 aromatic carbocycles. The first kappa shape index (κ1) is 13.1. The van der Waals surface area contributed by atoms with E-state index in [-0.39, 0.29) is 5.56 Å². The van der Waals surface area contributed by atoms with E-state index in [0.717, 1.165) is 5.56 Å². The Hall–Kier alpha value is -2.32. The number of carboxylic acids is 1. The van der Waals surface area contributed by atoms with Crippen LogP contribution >= 0.6 is 11.8 Å². The van der Waals surface area contributed by atoms with E-state index in [1.54, 1.807) is 6.07 Å². The smallest absolute Gasteiger partial charge is 0.335 e. The van der Waals surface area contributed by atoms with Crippen LogP contribution in [0.4, 0.5) is 0 Å². The SMILES string of the molecule is N#Cc1ccccc1CSc1cc(C(=O)O)ccn1. The molecule has 2 rings (SSSR count). The van der Waals surface area contributed by atoms with Gasteiger partial charge in [-0.1, -0.05) is 18.2 Å². The first-order valence-corrected chi connectivity index (χ1v) is 6.49. The summed E-state index contributed by atoms with van der Waals surface area (Å²) in [5, 5.41) is 18.5. The molecule has 0 radical (unpaired) electrons. The van der Waals surface area contributed by atoms with Gasteiger partial charge >= 0.3 is 5.97 Å². The highest BCUT2D eigenvalue weighted by Gasteiger charge is 2.06. The van der Waals surface area contributed by atoms with E-state index < -0.39 is 5.97 Å². The van der Waals surface area contributed by atoms with E-state index in [1.807, 2.05) is 18.2 Å². The molecule has 0 saturated carbocycles. The summed E-state index contributed by atoms with van der Waals surface area (Å²) in [6.45, 7) is 0. The van der Waals surface area contributed by atoms with Crippen molar-refractivity contribution in [3.05, 3.63) is 59.3 Å². The minimum absolute atomic E-state index is 0.214. The molecular formula is C14H10N2O2S. The predicted octanol–water partition coefficient (Wildman–Crippen LogP) is 2.94. The lowest BCUT2D eigenvalue weighted by Crippen LogP contribution is -1.97. The topological polar surface area (TPSA) is 74.0 Å². The second-order valence-electron chi connectivity index (χ2n) is 3.75. The lowest BCUT2D eigenvalue weighted by Gasteiger charge is -2.04. The molecule has 0 bridgehead atoms. The molecule has 0 amide bonds. The molecule has 0 fully saturated rings. The van der Waals surface area contributed by atoms with Gasteiger partial charge in [-0.2, -0.15) is 5.26 Å². The van der Waals surface area contributed by atoms with E-state index in [4.69, 9.17) is 10.4 Å². The van der Waals surface area contributed by atoms with Crippen LogP contribution in [-0.4, -0.2) is 16.1 Å². The lowest BCUT2D eigenvalue weighted by molar-refractivity contribution is 0.0696. The minimum Gasteiger partial charge on any atom is -0.478 e. The number of thioether (sulfide) groups is 1. The van der Waals surface area contributed by atoms with Crippen molar-refractivity contribution in [1.29, 1.82) is 5.26 Å². The molecule has 0 aliphatic rings. The summed E-state index contributed by atoms with van der Waals surface area (Å²) in [5.74, 6) is -0.388. The third-order valence-electron chi connectivity index (χ3n) is 2.50. The van der Waals surface area contributed by atoms with Gasteiger partial charge < -0.3 is 5.11 Å². The van der Waals surface area contributed by atoms with E-state index in [2.05, 4.69) is 11.1 Å². The Labute approximate surface area is 114 Å². The van der Waals surface area contributed by atoms with Crippen molar-refractivity contribution in [2.24, 2.45) is 0 Å². The molecule has 1 N–H and O–H groups in total. The summed E-state index contributed by atoms with van der Waals surface area (Å²) < 4.78 is 0. The first-order valence-electron chi connectivity index (χ1n) is 5.51. The monoisotopic (exact) mass is 270 g/mol. The Morgan fingerprint density at radius 3 is 2.89 bits per heavy atom. The van der Waals surface area contributed by atoms with Crippen LogP contribution in [0.5, 0.6) is 0 Å². The van der Waals surface area contributed by atoms with Crippen LogP contribution in [0.25, 0.3) is 0 Å². The Balaban J connectivity index is 2.13. The molecule has 0 spiro atoms. The molecule has 1 aromatic heterocycles. The second kappa shape index (κ2) is 6.03. The van der Waals surface area contributed by atoms with Crippen LogP contribution in [0.1, 0.15) is 21.5 Å². The number of aromatic carboxylic acids is 1. The fourth-order valence-corrected chi connectivity index (χ4v) is 2.43. The summed E-state index contributed by atoms with van der Waals surface area (Å²) in [4.78, 5) is 15.0. The second-order valence-corrected chi connectivity index (χ2v) is 4.74. The molecule has 2 aromatic rings. The van der Waals surface area contributed by atoms with Crippen molar-refractivity contribution in [3.8, 4) is 6.07 Å². The maximum Gasteiger partial charge on any atom is 0.335 e. The van der Waals surface area contributed by atoms with Crippen LogP contribution in [0.2, 0.25) is 0 Å². The maximum absolute atomic E-state index is 10.8. The standard InChI is InChI=1S/C14H10N2O2S/c15-8-11-3-1-2-4-12(11)9-19-13-7-10(14(17)18)5-6-16-13/h1-7H,9H2,(H,17,18). The Kier molecular flexibility index (Phi) is 4.16. The summed E-state index contributed by atoms with van der Waals surface area (Å²) >= 11 is 1.41. The first-order chi connectivity index (χ1) is 9.20. The molecule has 1 heterocycles. The van der Waals surface area contributed by atoms with Crippen LogP contribution in [0, 0.1) is 11.3 Å². The van der Waals surface area contributed by atoms with Crippen molar-refractivity contribution in [2.75, 3.05) is 0 Å². The minimum atomic E-state index is -0.971. The van der Waals surface area contributed by atoms with Gasteiger partial charge in [-0.25, -0.2) is 9.78 Å². The number of nitrogens with zero attached hydrogens (tertiary/aromatic N) is 2. The highest BCUT2D eigenvalue weighted by molar-refractivity contribution is 7.98. The van der Waals surface area contributed by atoms with Gasteiger partial charge in [0.2, 0.25) is 0 Å². The molecule has 94 valence electrons. The zero-order valence-corrected chi connectivity index (χ0v) is 10.7. The molecule has 0 atom stereocenters. The van der Waals surface area contributed by atoms with E-state index >= 15 is 0 Å². The molecular weight excluding hydrogens is 260 g/mol. The zero-order valence-electron chi connectivity index (χ0n) is 9.91. The van der Waals surface area contributed by atoms with Crippen molar-refractivity contribution < 1.29 is 9.90 Å². The summed E-state index contributed by atoms with van der Waals surface area (Å²) in [6.07, 6.45) is 1.47. The van der Waals surface area contributed by atoms with Crippen molar-refractivity contribution in [2.45, 2.75) is 10.8 Å². The van der Waals surface area contributed by atoms with Crippen molar-refractivity contribution in [1.82, 2.24) is 4.98 Å². The van der Waals surface area contributed by atoms with Crippen molar-refractivity contribution in [3.63, 3.8) is 0 Å². The molecule has 5 heteroatoms. The van der Waals surface area contributed by atoms with Gasteiger partial charge in [0.25, 0.3) is 0 Å². The molecule has 0 aliphatic heterocycles. The van der Waals surface area contributed by atoms with Crippen LogP contribution in [0.3, 0.4) is 0 Å². The van der Waals surface area contributed by atoms with Gasteiger partial charge in [-0.05, 0) is 23.8 Å². The number of pyridine rings is 1. The molecule has 0 saturated heterocycles. The molecule has 19 heavy (non-hydrogen) atoms. The predicted molar refractivity (Wildman–Crippen MR) is 71.9 cm³/mol. The number of carboxylic acid groups (broad SMARTS) is 1. The van der Waals surface area contributed by atoms with Crippen LogP contribution in [0.15, 0.2) is 47.6 Å². The Morgan fingerprint density at radius 1 is 1.37 bits per heavy atom. The van der Waals surface area contributed by atoms with E-state index in [9.17, 15) is 4.79 Å². The van der Waals surface area contributed by atoms with Gasteiger partial charge in [0.1, 0.15) is 0 Å².